The Labute approximate surface area is 106 Å². The van der Waals surface area contributed by atoms with Crippen molar-refractivity contribution < 1.29 is 0 Å². The average Bonchev–Trinajstić information content (AvgIpc) is 2.83. The normalized spacial score (nSPS) is 10.4. The molecular formula is C13H11BN4. The van der Waals surface area contributed by atoms with E-state index in [2.05, 4.69) is 15.2 Å². The lowest BCUT2D eigenvalue weighted by molar-refractivity contribution is 1.09. The fraction of sp³-hybridized carbons (Fsp3) is 0. The Bertz CT molecular complexity index is 592. The van der Waals surface area contributed by atoms with Crippen molar-refractivity contribution >= 4 is 7.98 Å². The first-order valence-electron chi connectivity index (χ1n) is 5.72. The number of hydrogen-bond donors (Lipinski definition) is 0. The van der Waals surface area contributed by atoms with Gasteiger partial charge in [0, 0.05) is 11.8 Å². The smallest absolute Gasteiger partial charge is 0.227 e. The summed E-state index contributed by atoms with van der Waals surface area (Å²) < 4.78 is 1.96. The van der Waals surface area contributed by atoms with E-state index in [0.29, 0.717) is 0 Å². The molecule has 0 aliphatic heterocycles. The standard InChI is InChI=1S/C13H11BN4/c14-18-12(10-6-2-1-3-7-10)16-17-13(18)11-8-4-5-9-15-11/h1-9H,14H2. The topological polar surface area (TPSA) is 43.6 Å². The van der Waals surface area contributed by atoms with E-state index in [1.165, 1.54) is 0 Å². The van der Waals surface area contributed by atoms with E-state index in [0.717, 1.165) is 22.9 Å². The summed E-state index contributed by atoms with van der Waals surface area (Å²) in [5, 5.41) is 8.45. The highest BCUT2D eigenvalue weighted by Crippen LogP contribution is 2.20. The molecule has 3 rings (SSSR count). The third kappa shape index (κ3) is 1.80. The fourth-order valence-corrected chi connectivity index (χ4v) is 1.89. The molecule has 3 aromatic rings. The predicted molar refractivity (Wildman–Crippen MR) is 72.6 cm³/mol. The van der Waals surface area contributed by atoms with E-state index in [9.17, 15) is 0 Å². The van der Waals surface area contributed by atoms with Gasteiger partial charge in [-0.15, -0.1) is 10.2 Å². The van der Waals surface area contributed by atoms with Crippen LogP contribution in [-0.2, 0) is 0 Å². The largest absolute Gasteiger partial charge is 0.359 e. The molecule has 0 saturated heterocycles. The molecule has 5 heteroatoms. The molecule has 0 unspecified atom stereocenters. The second-order valence-corrected chi connectivity index (χ2v) is 3.99. The summed E-state index contributed by atoms with van der Waals surface area (Å²) in [6.45, 7) is 0. The molecule has 0 radical (unpaired) electrons. The van der Waals surface area contributed by atoms with E-state index in [4.69, 9.17) is 0 Å². The number of rotatable bonds is 2. The molecule has 4 nitrogen and oxygen atoms in total. The van der Waals surface area contributed by atoms with Crippen molar-refractivity contribution in [2.75, 3.05) is 0 Å². The summed E-state index contributed by atoms with van der Waals surface area (Å²) in [6, 6.07) is 15.8. The Morgan fingerprint density at radius 1 is 0.833 bits per heavy atom. The molecule has 0 amide bonds. The quantitative estimate of drug-likeness (QED) is 0.629. The number of pyridine rings is 1. The molecule has 0 spiro atoms. The first kappa shape index (κ1) is 10.7. The summed E-state index contributed by atoms with van der Waals surface area (Å²) in [5.74, 6) is 1.62. The van der Waals surface area contributed by atoms with Gasteiger partial charge in [0.05, 0.1) is 0 Å². The van der Waals surface area contributed by atoms with Gasteiger partial charge in [0.15, 0.2) is 11.6 Å². The van der Waals surface area contributed by atoms with Gasteiger partial charge in [-0.05, 0) is 12.1 Å². The van der Waals surface area contributed by atoms with E-state index < -0.39 is 0 Å². The zero-order chi connectivity index (χ0) is 12.4. The molecule has 18 heavy (non-hydrogen) atoms. The van der Waals surface area contributed by atoms with Crippen molar-refractivity contribution in [2.24, 2.45) is 0 Å². The maximum Gasteiger partial charge on any atom is 0.227 e. The van der Waals surface area contributed by atoms with Gasteiger partial charge in [0.2, 0.25) is 7.98 Å². The SMILES string of the molecule is Bn1c(-c2ccccc2)nnc1-c1ccccn1. The molecule has 0 fully saturated rings. The predicted octanol–water partition coefficient (Wildman–Crippen LogP) is 1.40. The van der Waals surface area contributed by atoms with Gasteiger partial charge < -0.3 is 4.48 Å². The monoisotopic (exact) mass is 234 g/mol. The first-order valence-corrected chi connectivity index (χ1v) is 5.72. The van der Waals surface area contributed by atoms with Crippen LogP contribution in [-0.4, -0.2) is 27.6 Å². The van der Waals surface area contributed by atoms with Gasteiger partial charge in [-0.1, -0.05) is 36.4 Å². The van der Waals surface area contributed by atoms with E-state index in [1.54, 1.807) is 6.20 Å². The Kier molecular flexibility index (Phi) is 2.65. The van der Waals surface area contributed by atoms with Crippen LogP contribution in [0, 0.1) is 0 Å². The lowest BCUT2D eigenvalue weighted by Gasteiger charge is -2.03. The lowest BCUT2D eigenvalue weighted by atomic mass is 10.2. The van der Waals surface area contributed by atoms with Crippen LogP contribution < -0.4 is 0 Å². The van der Waals surface area contributed by atoms with Crippen molar-refractivity contribution in [3.05, 3.63) is 54.7 Å². The van der Waals surface area contributed by atoms with E-state index in [1.807, 2.05) is 61.0 Å². The van der Waals surface area contributed by atoms with Crippen LogP contribution in [0.1, 0.15) is 0 Å². The zero-order valence-electron chi connectivity index (χ0n) is 9.99. The van der Waals surface area contributed by atoms with Crippen molar-refractivity contribution in [3.63, 3.8) is 0 Å². The summed E-state index contributed by atoms with van der Waals surface area (Å²) >= 11 is 0. The van der Waals surface area contributed by atoms with Crippen molar-refractivity contribution in [1.29, 1.82) is 0 Å². The molecule has 2 heterocycles. The zero-order valence-corrected chi connectivity index (χ0v) is 9.99. The van der Waals surface area contributed by atoms with E-state index >= 15 is 0 Å². The molecule has 86 valence electrons. The molecule has 0 atom stereocenters. The Balaban J connectivity index is 2.09. The van der Waals surface area contributed by atoms with Crippen LogP contribution >= 0.6 is 0 Å². The van der Waals surface area contributed by atoms with Gasteiger partial charge >= 0.3 is 0 Å². The van der Waals surface area contributed by atoms with Gasteiger partial charge in [0.1, 0.15) is 5.69 Å². The molecule has 0 aliphatic carbocycles. The molecule has 0 aliphatic rings. The van der Waals surface area contributed by atoms with Gasteiger partial charge in [0.25, 0.3) is 0 Å². The highest BCUT2D eigenvalue weighted by Gasteiger charge is 2.11. The summed E-state index contributed by atoms with van der Waals surface area (Å²) in [6.07, 6.45) is 1.76. The highest BCUT2D eigenvalue weighted by atomic mass is 15.3. The summed E-state index contributed by atoms with van der Waals surface area (Å²) in [5.41, 5.74) is 1.88. The second-order valence-electron chi connectivity index (χ2n) is 3.99. The second kappa shape index (κ2) is 4.45. The minimum Gasteiger partial charge on any atom is -0.359 e. The molecule has 2 aromatic heterocycles. The van der Waals surface area contributed by atoms with Gasteiger partial charge in [-0.25, -0.2) is 0 Å². The van der Waals surface area contributed by atoms with Gasteiger partial charge in [-0.2, -0.15) is 0 Å². The highest BCUT2D eigenvalue weighted by molar-refractivity contribution is 6.10. The Morgan fingerprint density at radius 3 is 2.28 bits per heavy atom. The van der Waals surface area contributed by atoms with Crippen LogP contribution in [0.2, 0.25) is 0 Å². The number of benzene rings is 1. The van der Waals surface area contributed by atoms with E-state index in [-0.39, 0.29) is 0 Å². The summed E-state index contributed by atoms with van der Waals surface area (Å²) in [7, 11) is 1.95. The molecule has 0 saturated carbocycles. The Hall–Kier alpha value is -2.43. The van der Waals surface area contributed by atoms with Crippen molar-refractivity contribution in [1.82, 2.24) is 19.7 Å². The minimum atomic E-state index is 0.773. The van der Waals surface area contributed by atoms with Crippen LogP contribution in [0.25, 0.3) is 22.9 Å². The van der Waals surface area contributed by atoms with Crippen molar-refractivity contribution in [2.45, 2.75) is 0 Å². The summed E-state index contributed by atoms with van der Waals surface area (Å²) in [4.78, 5) is 4.29. The Morgan fingerprint density at radius 2 is 1.56 bits per heavy atom. The van der Waals surface area contributed by atoms with Gasteiger partial charge in [-0.3, -0.25) is 4.98 Å². The van der Waals surface area contributed by atoms with Crippen LogP contribution in [0.15, 0.2) is 54.7 Å². The van der Waals surface area contributed by atoms with Crippen LogP contribution in [0.4, 0.5) is 0 Å². The number of nitrogens with zero attached hydrogens (tertiary/aromatic N) is 4. The first-order chi connectivity index (χ1) is 8.86. The van der Waals surface area contributed by atoms with Crippen LogP contribution in [0.5, 0.6) is 0 Å². The molecule has 0 N–H and O–H groups in total. The molecule has 1 aromatic carbocycles. The maximum atomic E-state index is 4.29. The van der Waals surface area contributed by atoms with Crippen molar-refractivity contribution in [3.8, 4) is 22.9 Å². The molecular weight excluding hydrogens is 223 g/mol. The van der Waals surface area contributed by atoms with Crippen LogP contribution in [0.3, 0.4) is 0 Å². The third-order valence-electron chi connectivity index (χ3n) is 2.80. The lowest BCUT2D eigenvalue weighted by Crippen LogP contribution is -1.99. The number of hydrogen-bond acceptors (Lipinski definition) is 3. The third-order valence-corrected chi connectivity index (χ3v) is 2.80. The number of aromatic nitrogens is 4. The maximum absolute atomic E-state index is 4.29. The fourth-order valence-electron chi connectivity index (χ4n) is 1.89. The minimum absolute atomic E-state index is 0.773. The molecule has 0 bridgehead atoms. The average molecular weight is 234 g/mol.